The highest BCUT2D eigenvalue weighted by Gasteiger charge is 2.37. The molecule has 0 N–H and O–H groups in total. The minimum Gasteiger partial charge on any atom is -0.342 e. The van der Waals surface area contributed by atoms with Crippen molar-refractivity contribution in [1.82, 2.24) is 19.9 Å². The number of amides is 2. The van der Waals surface area contributed by atoms with Gasteiger partial charge in [-0.05, 0) is 44.4 Å². The highest BCUT2D eigenvalue weighted by atomic mass is 16.5. The van der Waals surface area contributed by atoms with E-state index in [0.717, 1.165) is 76.9 Å². The normalized spacial score (nSPS) is 22.7. The van der Waals surface area contributed by atoms with Crippen molar-refractivity contribution < 1.29 is 14.1 Å². The summed E-state index contributed by atoms with van der Waals surface area (Å²) in [5, 5.41) is 3.98. The number of carbonyl (C=O) groups is 2. The standard InChI is InChI=1S/C19H28N4O3/c1-13-20-17(21-26-13)12-14-4-8-22(9-5-14)19(25)16-6-10-23(11-7-16)18(24)15-2-3-15/h14-16H,2-12H2,1H3. The lowest BCUT2D eigenvalue weighted by Crippen LogP contribution is -2.47. The van der Waals surface area contributed by atoms with Crippen molar-refractivity contribution in [2.45, 2.75) is 51.9 Å². The molecule has 0 spiro atoms. The first-order valence-electron chi connectivity index (χ1n) is 9.97. The molecule has 2 amide bonds. The van der Waals surface area contributed by atoms with Gasteiger partial charge in [0.25, 0.3) is 0 Å². The van der Waals surface area contributed by atoms with Gasteiger partial charge in [-0.25, -0.2) is 0 Å². The van der Waals surface area contributed by atoms with Crippen LogP contribution >= 0.6 is 0 Å². The largest absolute Gasteiger partial charge is 0.342 e. The number of nitrogens with zero attached hydrogens (tertiary/aromatic N) is 4. The summed E-state index contributed by atoms with van der Waals surface area (Å²) in [5.74, 6) is 2.89. The molecule has 7 heteroatoms. The van der Waals surface area contributed by atoms with Gasteiger partial charge in [0.15, 0.2) is 5.82 Å². The van der Waals surface area contributed by atoms with E-state index in [2.05, 4.69) is 10.1 Å². The molecule has 7 nitrogen and oxygen atoms in total. The van der Waals surface area contributed by atoms with Crippen LogP contribution in [0.4, 0.5) is 0 Å². The molecule has 0 radical (unpaired) electrons. The van der Waals surface area contributed by atoms with Gasteiger partial charge in [0.2, 0.25) is 17.7 Å². The molecule has 0 atom stereocenters. The molecule has 1 aromatic heterocycles. The Labute approximate surface area is 154 Å². The average Bonchev–Trinajstić information content (AvgIpc) is 3.44. The summed E-state index contributed by atoms with van der Waals surface area (Å²) in [6, 6.07) is 0. The van der Waals surface area contributed by atoms with Gasteiger partial charge in [-0.15, -0.1) is 0 Å². The number of hydrogen-bond donors (Lipinski definition) is 0. The van der Waals surface area contributed by atoms with Crippen LogP contribution < -0.4 is 0 Å². The minimum atomic E-state index is 0.0923. The van der Waals surface area contributed by atoms with E-state index >= 15 is 0 Å². The molecule has 0 bridgehead atoms. The lowest BCUT2D eigenvalue weighted by atomic mass is 9.90. The zero-order valence-corrected chi connectivity index (χ0v) is 15.5. The van der Waals surface area contributed by atoms with E-state index in [-0.39, 0.29) is 17.7 Å². The first kappa shape index (κ1) is 17.5. The maximum absolute atomic E-state index is 12.8. The van der Waals surface area contributed by atoms with Crippen molar-refractivity contribution in [3.63, 3.8) is 0 Å². The van der Waals surface area contributed by atoms with Crippen molar-refractivity contribution in [3.8, 4) is 0 Å². The van der Waals surface area contributed by atoms with Crippen LogP contribution in [-0.4, -0.2) is 57.9 Å². The van der Waals surface area contributed by atoms with Crippen LogP contribution in [0.15, 0.2) is 4.52 Å². The topological polar surface area (TPSA) is 79.5 Å². The lowest BCUT2D eigenvalue weighted by Gasteiger charge is -2.37. The molecule has 2 saturated heterocycles. The summed E-state index contributed by atoms with van der Waals surface area (Å²) in [6.45, 7) is 4.95. The lowest BCUT2D eigenvalue weighted by molar-refractivity contribution is -0.142. The highest BCUT2D eigenvalue weighted by molar-refractivity contribution is 5.82. The van der Waals surface area contributed by atoms with Gasteiger partial charge in [0.1, 0.15) is 0 Å². The summed E-state index contributed by atoms with van der Waals surface area (Å²) in [6.07, 6.45) is 6.57. The van der Waals surface area contributed by atoms with Crippen LogP contribution in [0.1, 0.15) is 50.2 Å². The molecule has 1 aliphatic carbocycles. The minimum absolute atomic E-state index is 0.0923. The molecule has 1 aromatic rings. The SMILES string of the molecule is Cc1nc(CC2CCN(C(=O)C3CCN(C(=O)C4CC4)CC3)CC2)no1. The van der Waals surface area contributed by atoms with Crippen molar-refractivity contribution in [3.05, 3.63) is 11.7 Å². The number of hydrogen-bond acceptors (Lipinski definition) is 5. The van der Waals surface area contributed by atoms with E-state index in [4.69, 9.17) is 4.52 Å². The first-order chi connectivity index (χ1) is 12.6. The van der Waals surface area contributed by atoms with Gasteiger partial charge in [-0.3, -0.25) is 9.59 Å². The van der Waals surface area contributed by atoms with E-state index in [1.165, 1.54) is 0 Å². The van der Waals surface area contributed by atoms with Crippen molar-refractivity contribution in [2.24, 2.45) is 17.8 Å². The molecule has 142 valence electrons. The fourth-order valence-corrected chi connectivity index (χ4v) is 4.23. The molecule has 0 aromatic carbocycles. The van der Waals surface area contributed by atoms with Crippen LogP contribution in [0.25, 0.3) is 0 Å². The van der Waals surface area contributed by atoms with Gasteiger partial charge in [-0.2, -0.15) is 4.98 Å². The fourth-order valence-electron chi connectivity index (χ4n) is 4.23. The Morgan fingerprint density at radius 1 is 0.923 bits per heavy atom. The predicted octanol–water partition coefficient (Wildman–Crippen LogP) is 1.81. The molecular weight excluding hydrogens is 332 g/mol. The van der Waals surface area contributed by atoms with Gasteiger partial charge < -0.3 is 14.3 Å². The second kappa shape index (κ2) is 7.37. The van der Waals surface area contributed by atoms with E-state index in [9.17, 15) is 9.59 Å². The summed E-state index contributed by atoms with van der Waals surface area (Å²) in [5.41, 5.74) is 0. The smallest absolute Gasteiger partial charge is 0.225 e. The molecule has 2 aliphatic heterocycles. The van der Waals surface area contributed by atoms with E-state index < -0.39 is 0 Å². The molecule has 3 aliphatic rings. The molecule has 3 fully saturated rings. The third kappa shape index (κ3) is 3.91. The van der Waals surface area contributed by atoms with Gasteiger partial charge >= 0.3 is 0 Å². The number of rotatable bonds is 4. The van der Waals surface area contributed by atoms with Crippen LogP contribution in [-0.2, 0) is 16.0 Å². The fraction of sp³-hybridized carbons (Fsp3) is 0.789. The zero-order chi connectivity index (χ0) is 18.1. The Hall–Kier alpha value is -1.92. The monoisotopic (exact) mass is 360 g/mol. The number of likely N-dealkylation sites (tertiary alicyclic amines) is 2. The second-order valence-electron chi connectivity index (χ2n) is 8.08. The highest BCUT2D eigenvalue weighted by Crippen LogP contribution is 2.33. The van der Waals surface area contributed by atoms with E-state index in [0.29, 0.717) is 17.7 Å². The number of aromatic nitrogens is 2. The number of carbonyl (C=O) groups excluding carboxylic acids is 2. The third-order valence-electron chi connectivity index (χ3n) is 6.05. The molecule has 3 heterocycles. The first-order valence-corrected chi connectivity index (χ1v) is 9.97. The molecule has 26 heavy (non-hydrogen) atoms. The predicted molar refractivity (Wildman–Crippen MR) is 94.1 cm³/mol. The molecule has 0 unspecified atom stereocenters. The summed E-state index contributed by atoms with van der Waals surface area (Å²) < 4.78 is 5.04. The average molecular weight is 360 g/mol. The van der Waals surface area contributed by atoms with E-state index in [1.807, 2.05) is 9.80 Å². The summed E-state index contributed by atoms with van der Waals surface area (Å²) >= 11 is 0. The van der Waals surface area contributed by atoms with Crippen LogP contribution in [0, 0.1) is 24.7 Å². The quantitative estimate of drug-likeness (QED) is 0.818. The van der Waals surface area contributed by atoms with Gasteiger partial charge in [0.05, 0.1) is 0 Å². The zero-order valence-electron chi connectivity index (χ0n) is 15.5. The van der Waals surface area contributed by atoms with Gasteiger partial charge in [-0.1, -0.05) is 5.16 Å². The second-order valence-corrected chi connectivity index (χ2v) is 8.08. The summed E-state index contributed by atoms with van der Waals surface area (Å²) in [7, 11) is 0. The molecule has 1 saturated carbocycles. The van der Waals surface area contributed by atoms with Crippen LogP contribution in [0.2, 0.25) is 0 Å². The maximum Gasteiger partial charge on any atom is 0.225 e. The summed E-state index contributed by atoms with van der Waals surface area (Å²) in [4.78, 5) is 33.2. The Bertz CT molecular complexity index is 653. The van der Waals surface area contributed by atoms with E-state index in [1.54, 1.807) is 6.92 Å². The Kier molecular flexibility index (Phi) is 4.96. The van der Waals surface area contributed by atoms with Crippen molar-refractivity contribution in [2.75, 3.05) is 26.2 Å². The number of piperidine rings is 2. The Balaban J connectivity index is 1.22. The number of aryl methyl sites for hydroxylation is 1. The Morgan fingerprint density at radius 3 is 1.96 bits per heavy atom. The molecular formula is C19H28N4O3. The Morgan fingerprint density at radius 2 is 1.46 bits per heavy atom. The van der Waals surface area contributed by atoms with Gasteiger partial charge in [0, 0.05) is 51.4 Å². The molecule has 4 rings (SSSR count). The van der Waals surface area contributed by atoms with Crippen molar-refractivity contribution in [1.29, 1.82) is 0 Å². The van der Waals surface area contributed by atoms with Crippen LogP contribution in [0.5, 0.6) is 0 Å². The maximum atomic E-state index is 12.8. The third-order valence-corrected chi connectivity index (χ3v) is 6.05. The van der Waals surface area contributed by atoms with Crippen LogP contribution in [0.3, 0.4) is 0 Å². The van der Waals surface area contributed by atoms with Crippen molar-refractivity contribution >= 4 is 11.8 Å².